The third kappa shape index (κ3) is 7.84. The van der Waals surface area contributed by atoms with Gasteiger partial charge in [-0.25, -0.2) is 0 Å². The zero-order valence-corrected chi connectivity index (χ0v) is 18.5. The van der Waals surface area contributed by atoms with Gasteiger partial charge in [0, 0.05) is 0 Å². The standard InChI is InChI=1S/C10H15OSi.2C4H9.Sn/c1-12(2,3)11-9-10-7-5-4-6-8-10;2*1-3-4-2;/h4-9H,1-3H3;2*1,3-4H2,2H3;. The van der Waals surface area contributed by atoms with Gasteiger partial charge in [0.15, 0.2) is 0 Å². The van der Waals surface area contributed by atoms with Gasteiger partial charge >= 0.3 is 141 Å². The Morgan fingerprint density at radius 3 is 1.90 bits per heavy atom. The second-order valence-electron chi connectivity index (χ2n) is 6.89. The van der Waals surface area contributed by atoms with Crippen LogP contribution >= 0.6 is 0 Å². The van der Waals surface area contributed by atoms with Crippen LogP contribution in [0.1, 0.15) is 49.2 Å². The van der Waals surface area contributed by atoms with Crippen molar-refractivity contribution >= 4 is 28.1 Å². The van der Waals surface area contributed by atoms with Crippen molar-refractivity contribution < 1.29 is 4.43 Å². The molecular weight excluding hydrogens is 379 g/mol. The van der Waals surface area contributed by atoms with Crippen molar-refractivity contribution in [3.63, 3.8) is 0 Å². The Morgan fingerprint density at radius 1 is 0.952 bits per heavy atom. The van der Waals surface area contributed by atoms with Gasteiger partial charge in [-0.15, -0.1) is 0 Å². The molecule has 0 saturated carbocycles. The average molecular weight is 412 g/mol. The van der Waals surface area contributed by atoms with Crippen LogP contribution in [0.4, 0.5) is 0 Å². The van der Waals surface area contributed by atoms with E-state index in [1.807, 2.05) is 0 Å². The third-order valence-electron chi connectivity index (χ3n) is 3.65. The SMILES string of the molecule is CCC[CH2][Sn]([CH2]CCC)[CH](O[Si](C)(C)C)c1ccccc1. The van der Waals surface area contributed by atoms with Crippen molar-refractivity contribution in [2.75, 3.05) is 0 Å². The minimum atomic E-state index is -1.55. The summed E-state index contributed by atoms with van der Waals surface area (Å²) in [6.07, 6.45) is 5.45. The fourth-order valence-corrected chi connectivity index (χ4v) is 16.7. The molecule has 1 aromatic carbocycles. The molecule has 1 nitrogen and oxygen atoms in total. The number of hydrogen-bond donors (Lipinski definition) is 0. The van der Waals surface area contributed by atoms with Gasteiger partial charge in [0.25, 0.3) is 0 Å². The van der Waals surface area contributed by atoms with Crippen LogP contribution < -0.4 is 0 Å². The quantitative estimate of drug-likeness (QED) is 0.415. The van der Waals surface area contributed by atoms with Gasteiger partial charge in [-0.1, -0.05) is 0 Å². The molecule has 3 heteroatoms. The van der Waals surface area contributed by atoms with Crippen molar-refractivity contribution in [1.29, 1.82) is 0 Å². The molecule has 1 radical (unpaired) electrons. The predicted molar refractivity (Wildman–Crippen MR) is 98.8 cm³/mol. The normalized spacial score (nSPS) is 13.6. The molecule has 0 spiro atoms. The van der Waals surface area contributed by atoms with E-state index < -0.39 is 28.1 Å². The molecule has 0 saturated heterocycles. The first-order valence-electron chi connectivity index (χ1n) is 8.55. The summed E-state index contributed by atoms with van der Waals surface area (Å²) in [5, 5.41) is 0. The Hall–Kier alpha value is 0.196. The molecule has 0 aliphatic heterocycles. The summed E-state index contributed by atoms with van der Waals surface area (Å²) in [5.41, 5.74) is 1.46. The van der Waals surface area contributed by atoms with E-state index in [0.717, 1.165) is 0 Å². The fraction of sp³-hybridized carbons (Fsp3) is 0.667. The van der Waals surface area contributed by atoms with Crippen LogP contribution in [0, 0.1) is 0 Å². The second kappa shape index (κ2) is 10.1. The maximum absolute atomic E-state index is 6.71. The summed E-state index contributed by atoms with van der Waals surface area (Å²) < 4.78 is 10.2. The molecule has 0 bridgehead atoms. The van der Waals surface area contributed by atoms with Crippen molar-refractivity contribution in [2.45, 2.75) is 72.2 Å². The molecule has 0 N–H and O–H groups in total. The number of unbranched alkanes of at least 4 members (excludes halogenated alkanes) is 2. The summed E-state index contributed by atoms with van der Waals surface area (Å²) in [4.78, 5) is 0. The number of rotatable bonds is 10. The van der Waals surface area contributed by atoms with Crippen LogP contribution in [0.2, 0.25) is 28.5 Å². The van der Waals surface area contributed by atoms with Gasteiger partial charge < -0.3 is 0 Å². The summed E-state index contributed by atoms with van der Waals surface area (Å²) in [6, 6.07) is 11.1. The molecule has 0 aliphatic rings. The van der Waals surface area contributed by atoms with E-state index in [9.17, 15) is 0 Å². The van der Waals surface area contributed by atoms with Crippen LogP contribution in [0.3, 0.4) is 0 Å². The van der Waals surface area contributed by atoms with E-state index >= 15 is 0 Å². The van der Waals surface area contributed by atoms with Crippen LogP contribution in [0.15, 0.2) is 30.3 Å². The van der Waals surface area contributed by atoms with Crippen LogP contribution in [0.25, 0.3) is 0 Å². The van der Waals surface area contributed by atoms with E-state index in [2.05, 4.69) is 63.8 Å². The Kier molecular flexibility index (Phi) is 9.22. The topological polar surface area (TPSA) is 9.23 Å². The Labute approximate surface area is 140 Å². The summed E-state index contributed by atoms with van der Waals surface area (Å²) >= 11 is -1.55. The molecule has 119 valence electrons. The maximum atomic E-state index is 6.71. The molecule has 1 atom stereocenters. The Bertz CT molecular complexity index is 367. The first kappa shape index (κ1) is 19.2. The molecule has 0 heterocycles. The molecule has 21 heavy (non-hydrogen) atoms. The van der Waals surface area contributed by atoms with Gasteiger partial charge in [0.05, 0.1) is 0 Å². The van der Waals surface area contributed by atoms with Crippen LogP contribution in [-0.2, 0) is 4.43 Å². The molecule has 1 aromatic rings. The van der Waals surface area contributed by atoms with Crippen molar-refractivity contribution in [3.05, 3.63) is 35.9 Å². The zero-order valence-electron chi connectivity index (χ0n) is 14.6. The van der Waals surface area contributed by atoms with Crippen LogP contribution in [-0.4, -0.2) is 28.1 Å². The summed E-state index contributed by atoms with van der Waals surface area (Å²) in [7, 11) is -1.50. The Balaban J connectivity index is 2.93. The van der Waals surface area contributed by atoms with Gasteiger partial charge in [-0.05, 0) is 0 Å². The molecule has 0 amide bonds. The second-order valence-corrected chi connectivity index (χ2v) is 19.5. The summed E-state index contributed by atoms with van der Waals surface area (Å²) in [5.74, 6) is 0. The van der Waals surface area contributed by atoms with Crippen LogP contribution in [0.5, 0.6) is 0 Å². The van der Waals surface area contributed by atoms with E-state index in [4.69, 9.17) is 4.43 Å². The monoisotopic (exact) mass is 413 g/mol. The van der Waals surface area contributed by atoms with E-state index in [-0.39, 0.29) is 0 Å². The first-order chi connectivity index (χ1) is 9.98. The van der Waals surface area contributed by atoms with E-state index in [0.29, 0.717) is 4.12 Å². The van der Waals surface area contributed by atoms with Gasteiger partial charge in [-0.3, -0.25) is 0 Å². The molecular formula is C18H33OSiSn. The molecule has 0 fully saturated rings. The van der Waals surface area contributed by atoms with Crippen molar-refractivity contribution in [2.24, 2.45) is 0 Å². The Morgan fingerprint density at radius 2 is 1.48 bits per heavy atom. The molecule has 0 aliphatic carbocycles. The predicted octanol–water partition coefficient (Wildman–Crippen LogP) is 6.21. The van der Waals surface area contributed by atoms with E-state index in [1.54, 1.807) is 0 Å². The van der Waals surface area contributed by atoms with Gasteiger partial charge in [0.1, 0.15) is 0 Å². The minimum absolute atomic E-state index is 0.485. The van der Waals surface area contributed by atoms with Gasteiger partial charge in [-0.2, -0.15) is 0 Å². The van der Waals surface area contributed by atoms with Gasteiger partial charge in [0.2, 0.25) is 0 Å². The average Bonchev–Trinajstić information content (AvgIpc) is 2.45. The van der Waals surface area contributed by atoms with Crippen molar-refractivity contribution in [1.82, 2.24) is 0 Å². The molecule has 1 rings (SSSR count). The number of hydrogen-bond acceptors (Lipinski definition) is 1. The third-order valence-corrected chi connectivity index (χ3v) is 14.4. The van der Waals surface area contributed by atoms with Crippen molar-refractivity contribution in [3.8, 4) is 0 Å². The zero-order chi connectivity index (χ0) is 15.7. The fourth-order valence-electron chi connectivity index (χ4n) is 2.56. The number of benzene rings is 1. The summed E-state index contributed by atoms with van der Waals surface area (Å²) in [6.45, 7) is 11.6. The molecule has 1 unspecified atom stereocenters. The first-order valence-corrected chi connectivity index (χ1v) is 17.6. The molecule has 0 aromatic heterocycles. The van der Waals surface area contributed by atoms with E-state index in [1.165, 1.54) is 40.1 Å².